The van der Waals surface area contributed by atoms with Crippen LogP contribution in [0.3, 0.4) is 0 Å². The fourth-order valence-corrected chi connectivity index (χ4v) is 5.17. The molecule has 184 valence electrons. The highest BCUT2D eigenvalue weighted by molar-refractivity contribution is 7.17. The van der Waals surface area contributed by atoms with E-state index in [0.29, 0.717) is 41.9 Å². The molecule has 3 N–H and O–H groups in total. The molecular weight excluding hydrogens is 467 g/mol. The van der Waals surface area contributed by atoms with Gasteiger partial charge in [-0.15, -0.1) is 11.3 Å². The maximum atomic E-state index is 14.6. The first-order valence-electron chi connectivity index (χ1n) is 11.5. The van der Waals surface area contributed by atoms with Gasteiger partial charge in [-0.25, -0.2) is 14.4 Å². The second-order valence-electron chi connectivity index (χ2n) is 9.56. The minimum atomic E-state index is -1.06. The lowest BCUT2D eigenvalue weighted by Crippen LogP contribution is -2.40. The summed E-state index contributed by atoms with van der Waals surface area (Å²) < 4.78 is 16.3. The zero-order valence-electron chi connectivity index (χ0n) is 20.2. The second-order valence-corrected chi connectivity index (χ2v) is 10.4. The van der Waals surface area contributed by atoms with E-state index in [9.17, 15) is 9.50 Å². The average Bonchev–Trinajstić information content (AvgIpc) is 3.40. The maximum Gasteiger partial charge on any atom is 0.230 e. The van der Waals surface area contributed by atoms with Gasteiger partial charge in [-0.2, -0.15) is 10.1 Å². The van der Waals surface area contributed by atoms with Crippen molar-refractivity contribution in [1.82, 2.24) is 29.6 Å². The number of pyridine rings is 1. The number of rotatable bonds is 6. The number of alkyl halides is 1. The Balaban J connectivity index is 1.42. The average molecular weight is 497 g/mol. The van der Waals surface area contributed by atoms with Crippen LogP contribution < -0.4 is 10.6 Å². The summed E-state index contributed by atoms with van der Waals surface area (Å²) in [5, 5.41) is 24.2. The van der Waals surface area contributed by atoms with E-state index in [2.05, 4.69) is 25.7 Å². The molecule has 35 heavy (non-hydrogen) atoms. The first-order valence-corrected chi connectivity index (χ1v) is 12.4. The molecule has 0 aliphatic carbocycles. The molecule has 9 nitrogen and oxygen atoms in total. The van der Waals surface area contributed by atoms with Crippen LogP contribution in [0, 0.1) is 6.92 Å². The van der Waals surface area contributed by atoms with E-state index in [0.717, 1.165) is 22.3 Å². The molecule has 0 saturated carbocycles. The number of hydrogen-bond acceptors (Lipinski definition) is 9. The summed E-state index contributed by atoms with van der Waals surface area (Å²) in [5.41, 5.74) is 1.25. The first-order chi connectivity index (χ1) is 16.7. The Kier molecular flexibility index (Phi) is 6.16. The molecular formula is C24H29FN8OS. The summed E-state index contributed by atoms with van der Waals surface area (Å²) in [6.45, 7) is 6.65. The number of piperidine rings is 1. The summed E-state index contributed by atoms with van der Waals surface area (Å²) in [4.78, 5) is 16.8. The number of aryl methyl sites for hydroxylation is 1. The van der Waals surface area contributed by atoms with Gasteiger partial charge in [0.25, 0.3) is 0 Å². The number of aromatic nitrogens is 5. The highest BCUT2D eigenvalue weighted by atomic mass is 32.1. The standard InChI is InChI=1S/C24H29FN8OS/c1-14-13-35-22-20(14)21(29-19-7-5-6-18(28-19)24(2,3)34)30-23(31-22)27-15-10-26-33(11-15)17-8-9-32(4)12-16(17)25/h5-7,10-11,13,16-17,34H,8-9,12H2,1-4H3,(H2,27,28,29,30,31)/t16-,17+/m0/s1. The third-order valence-corrected chi connectivity index (χ3v) is 7.14. The van der Waals surface area contributed by atoms with Crippen LogP contribution in [0.2, 0.25) is 0 Å². The van der Waals surface area contributed by atoms with Crippen molar-refractivity contribution in [2.75, 3.05) is 30.8 Å². The van der Waals surface area contributed by atoms with Crippen molar-refractivity contribution >= 4 is 44.8 Å². The topological polar surface area (TPSA) is 104 Å². The molecule has 0 bridgehead atoms. The number of nitrogens with one attached hydrogen (secondary N) is 2. The summed E-state index contributed by atoms with van der Waals surface area (Å²) in [7, 11) is 1.93. The van der Waals surface area contributed by atoms with Gasteiger partial charge >= 0.3 is 0 Å². The van der Waals surface area contributed by atoms with Crippen LogP contribution >= 0.6 is 11.3 Å². The Bertz CT molecular complexity index is 1350. The third-order valence-electron chi connectivity index (χ3n) is 6.15. The molecule has 4 aromatic rings. The van der Waals surface area contributed by atoms with E-state index < -0.39 is 11.8 Å². The third kappa shape index (κ3) is 4.97. The van der Waals surface area contributed by atoms with Crippen LogP contribution in [0.25, 0.3) is 10.2 Å². The fraction of sp³-hybridized carbons (Fsp3) is 0.417. The van der Waals surface area contributed by atoms with Crippen molar-refractivity contribution < 1.29 is 9.50 Å². The quantitative estimate of drug-likeness (QED) is 0.358. The summed E-state index contributed by atoms with van der Waals surface area (Å²) in [6.07, 6.45) is 3.21. The van der Waals surface area contributed by atoms with Gasteiger partial charge in [0.05, 0.1) is 29.0 Å². The van der Waals surface area contributed by atoms with Gasteiger partial charge in [0, 0.05) is 19.3 Å². The lowest BCUT2D eigenvalue weighted by atomic mass is 10.0. The monoisotopic (exact) mass is 496 g/mol. The highest BCUT2D eigenvalue weighted by Gasteiger charge is 2.29. The summed E-state index contributed by atoms with van der Waals surface area (Å²) in [6, 6.07) is 5.18. The molecule has 11 heteroatoms. The molecule has 5 heterocycles. The predicted molar refractivity (Wildman–Crippen MR) is 136 cm³/mol. The number of fused-ring (bicyclic) bond motifs is 1. The molecule has 4 aromatic heterocycles. The smallest absolute Gasteiger partial charge is 0.230 e. The molecule has 0 radical (unpaired) electrons. The van der Waals surface area contributed by atoms with Crippen LogP contribution in [-0.2, 0) is 5.60 Å². The van der Waals surface area contributed by atoms with E-state index in [4.69, 9.17) is 4.98 Å². The lowest BCUT2D eigenvalue weighted by molar-refractivity contribution is 0.0740. The van der Waals surface area contributed by atoms with E-state index in [1.54, 1.807) is 37.0 Å². The number of hydrogen-bond donors (Lipinski definition) is 3. The number of aliphatic hydroxyl groups is 1. The SMILES string of the molecule is Cc1csc2nc(Nc3cnn([C@@H]4CCN(C)C[C@@H]4F)c3)nc(Nc3cccc(C(C)(C)O)n3)c12. The zero-order chi connectivity index (χ0) is 24.7. The van der Waals surface area contributed by atoms with Crippen molar-refractivity contribution in [1.29, 1.82) is 0 Å². The molecule has 1 saturated heterocycles. The van der Waals surface area contributed by atoms with Gasteiger partial charge in [0.2, 0.25) is 5.95 Å². The van der Waals surface area contributed by atoms with Crippen molar-refractivity contribution in [3.05, 3.63) is 47.2 Å². The molecule has 1 aliphatic heterocycles. The van der Waals surface area contributed by atoms with Gasteiger partial charge in [0.15, 0.2) is 0 Å². The minimum Gasteiger partial charge on any atom is -0.384 e. The van der Waals surface area contributed by atoms with Gasteiger partial charge in [0.1, 0.15) is 28.2 Å². The van der Waals surface area contributed by atoms with Gasteiger partial charge in [-0.05, 0) is 57.3 Å². The Morgan fingerprint density at radius 2 is 2.03 bits per heavy atom. The van der Waals surface area contributed by atoms with Crippen LogP contribution in [0.15, 0.2) is 36.0 Å². The van der Waals surface area contributed by atoms with Gasteiger partial charge < -0.3 is 20.6 Å². The molecule has 1 fully saturated rings. The van der Waals surface area contributed by atoms with E-state index in [1.807, 2.05) is 36.4 Å². The van der Waals surface area contributed by atoms with Crippen molar-refractivity contribution in [2.45, 2.75) is 45.0 Å². The molecule has 0 unspecified atom stereocenters. The number of halogens is 1. The maximum absolute atomic E-state index is 14.6. The van der Waals surface area contributed by atoms with Crippen LogP contribution in [0.1, 0.15) is 37.6 Å². The van der Waals surface area contributed by atoms with Crippen LogP contribution in [0.5, 0.6) is 0 Å². The Hall–Kier alpha value is -3.15. The summed E-state index contributed by atoms with van der Waals surface area (Å²) in [5.74, 6) is 1.59. The molecule has 0 spiro atoms. The number of nitrogens with zero attached hydrogens (tertiary/aromatic N) is 6. The number of anilines is 4. The minimum absolute atomic E-state index is 0.281. The zero-order valence-corrected chi connectivity index (χ0v) is 21.0. The fourth-order valence-electron chi connectivity index (χ4n) is 4.25. The molecule has 2 atom stereocenters. The predicted octanol–water partition coefficient (Wildman–Crippen LogP) is 4.52. The summed E-state index contributed by atoms with van der Waals surface area (Å²) >= 11 is 1.53. The van der Waals surface area contributed by atoms with E-state index in [1.165, 1.54) is 11.3 Å². The Morgan fingerprint density at radius 1 is 1.20 bits per heavy atom. The van der Waals surface area contributed by atoms with E-state index in [-0.39, 0.29) is 6.04 Å². The van der Waals surface area contributed by atoms with Gasteiger partial charge in [-0.3, -0.25) is 4.68 Å². The van der Waals surface area contributed by atoms with Crippen molar-refractivity contribution in [3.8, 4) is 0 Å². The van der Waals surface area contributed by atoms with Crippen molar-refractivity contribution in [2.24, 2.45) is 0 Å². The lowest BCUT2D eigenvalue weighted by Gasteiger charge is -2.32. The largest absolute Gasteiger partial charge is 0.384 e. The molecule has 5 rings (SSSR count). The molecule has 0 aromatic carbocycles. The molecule has 1 aliphatic rings. The first kappa shape index (κ1) is 23.6. The molecule has 0 amide bonds. The van der Waals surface area contributed by atoms with Crippen molar-refractivity contribution in [3.63, 3.8) is 0 Å². The number of thiophene rings is 1. The normalized spacial score (nSPS) is 19.3. The second kappa shape index (κ2) is 9.14. The van der Waals surface area contributed by atoms with Gasteiger partial charge in [-0.1, -0.05) is 6.07 Å². The Labute approximate surface area is 207 Å². The van der Waals surface area contributed by atoms with Crippen LogP contribution in [0.4, 0.5) is 27.7 Å². The highest BCUT2D eigenvalue weighted by Crippen LogP contribution is 2.33. The van der Waals surface area contributed by atoms with Crippen LogP contribution in [-0.4, -0.2) is 61.0 Å². The Morgan fingerprint density at radius 3 is 2.80 bits per heavy atom. The number of likely N-dealkylation sites (tertiary alicyclic amines) is 1. The van der Waals surface area contributed by atoms with E-state index >= 15 is 0 Å².